The smallest absolute Gasteiger partial charge is 0.337 e. The van der Waals surface area contributed by atoms with Gasteiger partial charge in [0.05, 0.1) is 19.3 Å². The molecule has 0 atom stereocenters. The Morgan fingerprint density at radius 2 is 2.25 bits per heavy atom. The first kappa shape index (κ1) is 12.3. The average molecular weight is 220 g/mol. The van der Waals surface area contributed by atoms with E-state index in [0.717, 1.165) is 12.0 Å². The van der Waals surface area contributed by atoms with E-state index in [1.54, 1.807) is 24.3 Å². The molecule has 0 spiro atoms. The molecule has 1 rings (SSSR count). The van der Waals surface area contributed by atoms with Gasteiger partial charge in [0.1, 0.15) is 5.75 Å². The minimum absolute atomic E-state index is 0.364. The maximum atomic E-state index is 11.3. The Kier molecular flexibility index (Phi) is 4.58. The van der Waals surface area contributed by atoms with Crippen molar-refractivity contribution < 1.29 is 14.3 Å². The summed E-state index contributed by atoms with van der Waals surface area (Å²) in [6.45, 7) is 6.34. The first-order valence-electron chi connectivity index (χ1n) is 5.20. The van der Waals surface area contributed by atoms with Crippen LogP contribution in [-0.4, -0.2) is 19.7 Å². The van der Waals surface area contributed by atoms with Crippen LogP contribution in [0.4, 0.5) is 0 Å². The van der Waals surface area contributed by atoms with Crippen LogP contribution in [0.1, 0.15) is 29.3 Å². The quantitative estimate of drug-likeness (QED) is 0.716. The van der Waals surface area contributed by atoms with E-state index in [9.17, 15) is 4.79 Å². The monoisotopic (exact) mass is 220 g/mol. The molecule has 1 aromatic carbocycles. The van der Waals surface area contributed by atoms with E-state index in [2.05, 4.69) is 11.3 Å². The van der Waals surface area contributed by atoms with Crippen molar-refractivity contribution >= 4 is 12.0 Å². The van der Waals surface area contributed by atoms with Gasteiger partial charge >= 0.3 is 5.97 Å². The molecular formula is C13H16O3. The highest BCUT2D eigenvalue weighted by Crippen LogP contribution is 2.22. The molecule has 0 amide bonds. The average Bonchev–Trinajstić information content (AvgIpc) is 2.34. The zero-order valence-electron chi connectivity index (χ0n) is 9.66. The van der Waals surface area contributed by atoms with E-state index in [1.807, 2.05) is 6.92 Å². The summed E-state index contributed by atoms with van der Waals surface area (Å²) in [5.41, 5.74) is 1.36. The number of hydrogen-bond acceptors (Lipinski definition) is 3. The van der Waals surface area contributed by atoms with Gasteiger partial charge in [0.25, 0.3) is 0 Å². The maximum Gasteiger partial charge on any atom is 0.337 e. The van der Waals surface area contributed by atoms with Crippen LogP contribution < -0.4 is 4.74 Å². The first-order valence-corrected chi connectivity index (χ1v) is 5.20. The second kappa shape index (κ2) is 5.95. The largest absolute Gasteiger partial charge is 0.493 e. The summed E-state index contributed by atoms with van der Waals surface area (Å²) >= 11 is 0. The maximum absolute atomic E-state index is 11.3. The van der Waals surface area contributed by atoms with Crippen LogP contribution in [0.25, 0.3) is 6.08 Å². The normalized spacial score (nSPS) is 9.62. The minimum Gasteiger partial charge on any atom is -0.493 e. The lowest BCUT2D eigenvalue weighted by molar-refractivity contribution is 0.0600. The van der Waals surface area contributed by atoms with Gasteiger partial charge in [-0.1, -0.05) is 25.6 Å². The fourth-order valence-corrected chi connectivity index (χ4v) is 1.28. The predicted octanol–water partition coefficient (Wildman–Crippen LogP) is 2.91. The molecule has 0 aliphatic carbocycles. The predicted molar refractivity (Wildman–Crippen MR) is 63.7 cm³/mol. The molecule has 86 valence electrons. The molecule has 16 heavy (non-hydrogen) atoms. The molecule has 0 aliphatic rings. The lowest BCUT2D eigenvalue weighted by Crippen LogP contribution is -2.03. The molecule has 0 saturated carbocycles. The van der Waals surface area contributed by atoms with Crippen molar-refractivity contribution in [2.24, 2.45) is 0 Å². The van der Waals surface area contributed by atoms with Crippen LogP contribution in [-0.2, 0) is 4.74 Å². The van der Waals surface area contributed by atoms with Gasteiger partial charge in [0.15, 0.2) is 0 Å². The lowest BCUT2D eigenvalue weighted by atomic mass is 10.1. The topological polar surface area (TPSA) is 35.5 Å². The van der Waals surface area contributed by atoms with Gasteiger partial charge in [-0.2, -0.15) is 0 Å². The van der Waals surface area contributed by atoms with Crippen molar-refractivity contribution in [2.45, 2.75) is 13.3 Å². The molecule has 0 aromatic heterocycles. The van der Waals surface area contributed by atoms with E-state index >= 15 is 0 Å². The molecule has 0 bridgehead atoms. The van der Waals surface area contributed by atoms with Gasteiger partial charge in [0, 0.05) is 5.56 Å². The van der Waals surface area contributed by atoms with E-state index in [-0.39, 0.29) is 5.97 Å². The summed E-state index contributed by atoms with van der Waals surface area (Å²) in [7, 11) is 1.36. The van der Waals surface area contributed by atoms with E-state index in [1.165, 1.54) is 7.11 Å². The highest BCUT2D eigenvalue weighted by atomic mass is 16.5. The zero-order valence-corrected chi connectivity index (χ0v) is 9.66. The molecule has 0 radical (unpaired) electrons. The second-order valence-electron chi connectivity index (χ2n) is 3.30. The summed E-state index contributed by atoms with van der Waals surface area (Å²) in [5, 5.41) is 0. The van der Waals surface area contributed by atoms with Crippen LogP contribution in [0.3, 0.4) is 0 Å². The fourth-order valence-electron chi connectivity index (χ4n) is 1.28. The molecule has 3 heteroatoms. The van der Waals surface area contributed by atoms with Gasteiger partial charge in [-0.25, -0.2) is 4.79 Å². The summed E-state index contributed by atoms with van der Waals surface area (Å²) in [4.78, 5) is 11.3. The number of carbonyl (C=O) groups is 1. The van der Waals surface area contributed by atoms with Crippen molar-refractivity contribution in [1.82, 2.24) is 0 Å². The molecule has 0 fully saturated rings. The van der Waals surface area contributed by atoms with Crippen LogP contribution in [0, 0.1) is 0 Å². The number of methoxy groups -OCH3 is 1. The number of carbonyl (C=O) groups excluding carboxylic acids is 1. The third kappa shape index (κ3) is 2.86. The highest BCUT2D eigenvalue weighted by molar-refractivity contribution is 5.90. The minimum atomic E-state index is -0.364. The summed E-state index contributed by atoms with van der Waals surface area (Å²) in [6.07, 6.45) is 2.62. The summed E-state index contributed by atoms with van der Waals surface area (Å²) in [6, 6.07) is 5.17. The van der Waals surface area contributed by atoms with Crippen molar-refractivity contribution in [2.75, 3.05) is 13.7 Å². The number of ether oxygens (including phenoxy) is 2. The standard InChI is InChI=1S/C13H16O3/c1-4-8-16-12-9-11(13(14)15-3)7-6-10(12)5-2/h5-7,9H,2,4,8H2,1,3H3. The molecular weight excluding hydrogens is 204 g/mol. The van der Waals surface area contributed by atoms with Crippen molar-refractivity contribution in [3.8, 4) is 5.75 Å². The highest BCUT2D eigenvalue weighted by Gasteiger charge is 2.09. The van der Waals surface area contributed by atoms with Crippen LogP contribution >= 0.6 is 0 Å². The van der Waals surface area contributed by atoms with Gasteiger partial charge in [0.2, 0.25) is 0 Å². The lowest BCUT2D eigenvalue weighted by Gasteiger charge is -2.09. The Bertz CT molecular complexity index is 383. The molecule has 0 heterocycles. The van der Waals surface area contributed by atoms with Gasteiger partial charge in [-0.15, -0.1) is 0 Å². The zero-order chi connectivity index (χ0) is 12.0. The Morgan fingerprint density at radius 3 is 2.81 bits per heavy atom. The van der Waals surface area contributed by atoms with Crippen LogP contribution in [0.15, 0.2) is 24.8 Å². The number of rotatable bonds is 5. The molecule has 0 N–H and O–H groups in total. The molecule has 0 saturated heterocycles. The van der Waals surface area contributed by atoms with E-state index in [0.29, 0.717) is 17.9 Å². The molecule has 0 aliphatic heterocycles. The van der Waals surface area contributed by atoms with Crippen LogP contribution in [0.2, 0.25) is 0 Å². The Morgan fingerprint density at radius 1 is 1.50 bits per heavy atom. The van der Waals surface area contributed by atoms with Gasteiger partial charge < -0.3 is 9.47 Å². The van der Waals surface area contributed by atoms with Gasteiger partial charge in [-0.3, -0.25) is 0 Å². The SMILES string of the molecule is C=Cc1ccc(C(=O)OC)cc1OCCC. The number of esters is 1. The Balaban J connectivity index is 3.00. The van der Waals surface area contributed by atoms with Crippen molar-refractivity contribution in [3.63, 3.8) is 0 Å². The fraction of sp³-hybridized carbons (Fsp3) is 0.308. The molecule has 3 nitrogen and oxygen atoms in total. The Hall–Kier alpha value is -1.77. The van der Waals surface area contributed by atoms with Gasteiger partial charge in [-0.05, 0) is 18.6 Å². The van der Waals surface area contributed by atoms with E-state index in [4.69, 9.17) is 4.74 Å². The third-order valence-electron chi connectivity index (χ3n) is 2.12. The first-order chi connectivity index (χ1) is 7.72. The number of benzene rings is 1. The number of hydrogen-bond donors (Lipinski definition) is 0. The van der Waals surface area contributed by atoms with Crippen LogP contribution in [0.5, 0.6) is 5.75 Å². The summed E-state index contributed by atoms with van der Waals surface area (Å²) < 4.78 is 10.2. The van der Waals surface area contributed by atoms with Crippen molar-refractivity contribution in [3.05, 3.63) is 35.9 Å². The molecule has 1 aromatic rings. The molecule has 0 unspecified atom stereocenters. The third-order valence-corrected chi connectivity index (χ3v) is 2.12. The Labute approximate surface area is 95.7 Å². The summed E-state index contributed by atoms with van der Waals surface area (Å²) in [5.74, 6) is 0.303. The van der Waals surface area contributed by atoms with Crippen molar-refractivity contribution in [1.29, 1.82) is 0 Å². The second-order valence-corrected chi connectivity index (χ2v) is 3.30. The van der Waals surface area contributed by atoms with E-state index < -0.39 is 0 Å².